The number of carbonyl (C=O) groups excluding carboxylic acids is 2. The third kappa shape index (κ3) is 6.78. The molecule has 2 amide bonds. The smallest absolute Gasteiger partial charge is 0.244 e. The van der Waals surface area contributed by atoms with E-state index in [2.05, 4.69) is 5.32 Å². The van der Waals surface area contributed by atoms with Crippen molar-refractivity contribution in [2.75, 3.05) is 23.7 Å². The SMILES string of the molecule is CCCNC(=O)C(CC)N(Cc1ccccc1)C(=O)CN(c1ccccc1F)S(C)(=O)=O. The predicted molar refractivity (Wildman–Crippen MR) is 123 cm³/mol. The van der Waals surface area contributed by atoms with Gasteiger partial charge in [-0.1, -0.05) is 56.3 Å². The number of para-hydroxylation sites is 1. The van der Waals surface area contributed by atoms with Gasteiger partial charge in [-0.25, -0.2) is 12.8 Å². The summed E-state index contributed by atoms with van der Waals surface area (Å²) >= 11 is 0. The highest BCUT2D eigenvalue weighted by atomic mass is 32.2. The van der Waals surface area contributed by atoms with Crippen LogP contribution in [0.1, 0.15) is 32.3 Å². The normalized spacial score (nSPS) is 12.1. The summed E-state index contributed by atoms with van der Waals surface area (Å²) < 4.78 is 39.9. The first kappa shape index (κ1) is 25.3. The highest BCUT2D eigenvalue weighted by molar-refractivity contribution is 7.92. The Morgan fingerprint density at radius 1 is 1.03 bits per heavy atom. The van der Waals surface area contributed by atoms with E-state index in [4.69, 9.17) is 0 Å². The maximum Gasteiger partial charge on any atom is 0.244 e. The maximum absolute atomic E-state index is 14.4. The lowest BCUT2D eigenvalue weighted by atomic mass is 10.1. The number of hydrogen-bond donors (Lipinski definition) is 1. The topological polar surface area (TPSA) is 86.8 Å². The van der Waals surface area contributed by atoms with Crippen LogP contribution >= 0.6 is 0 Å². The van der Waals surface area contributed by atoms with Gasteiger partial charge in [-0.05, 0) is 30.5 Å². The van der Waals surface area contributed by atoms with E-state index in [-0.39, 0.29) is 18.1 Å². The summed E-state index contributed by atoms with van der Waals surface area (Å²) in [5.74, 6) is -1.66. The second-order valence-corrected chi connectivity index (χ2v) is 9.35. The molecule has 174 valence electrons. The summed E-state index contributed by atoms with van der Waals surface area (Å²) in [5.41, 5.74) is 0.575. The minimum absolute atomic E-state index is 0.118. The molecule has 0 fully saturated rings. The van der Waals surface area contributed by atoms with E-state index in [1.54, 1.807) is 6.92 Å². The van der Waals surface area contributed by atoms with Crippen LogP contribution in [-0.4, -0.2) is 50.5 Å². The van der Waals surface area contributed by atoms with Crippen LogP contribution in [0, 0.1) is 5.82 Å². The summed E-state index contributed by atoms with van der Waals surface area (Å²) in [6, 6.07) is 13.7. The van der Waals surface area contributed by atoms with Crippen LogP contribution < -0.4 is 9.62 Å². The zero-order chi connectivity index (χ0) is 23.7. The van der Waals surface area contributed by atoms with E-state index in [0.717, 1.165) is 28.6 Å². The fourth-order valence-electron chi connectivity index (χ4n) is 3.31. The standard InChI is InChI=1S/C23H30FN3O4S/c1-4-15-25-23(29)20(5-2)26(16-18-11-7-6-8-12-18)22(28)17-27(32(3,30)31)21-14-10-9-13-19(21)24/h6-14,20H,4-5,15-17H2,1-3H3,(H,25,29). The van der Waals surface area contributed by atoms with Crippen molar-refractivity contribution in [3.05, 3.63) is 66.0 Å². The Kier molecular flexibility index (Phi) is 9.19. The molecular formula is C23H30FN3O4S. The monoisotopic (exact) mass is 463 g/mol. The summed E-state index contributed by atoms with van der Waals surface area (Å²) in [6.45, 7) is 3.67. The van der Waals surface area contributed by atoms with E-state index >= 15 is 0 Å². The van der Waals surface area contributed by atoms with Crippen molar-refractivity contribution < 1.29 is 22.4 Å². The lowest BCUT2D eigenvalue weighted by Gasteiger charge is -2.32. The van der Waals surface area contributed by atoms with Gasteiger partial charge in [0.15, 0.2) is 0 Å². The Hall–Kier alpha value is -2.94. The molecule has 2 aromatic rings. The van der Waals surface area contributed by atoms with Gasteiger partial charge in [-0.15, -0.1) is 0 Å². The summed E-state index contributed by atoms with van der Waals surface area (Å²) in [6.07, 6.45) is 2.00. The van der Waals surface area contributed by atoms with Crippen LogP contribution in [0.2, 0.25) is 0 Å². The van der Waals surface area contributed by atoms with Gasteiger partial charge in [0.25, 0.3) is 0 Å². The first-order valence-corrected chi connectivity index (χ1v) is 12.4. The van der Waals surface area contributed by atoms with Gasteiger partial charge >= 0.3 is 0 Å². The minimum atomic E-state index is -3.96. The number of nitrogens with one attached hydrogen (secondary N) is 1. The van der Waals surface area contributed by atoms with Crippen molar-refractivity contribution in [2.45, 2.75) is 39.3 Å². The third-order valence-corrected chi connectivity index (χ3v) is 6.06. The highest BCUT2D eigenvalue weighted by Gasteiger charge is 2.32. The molecule has 0 aliphatic rings. The van der Waals surface area contributed by atoms with E-state index < -0.39 is 34.3 Å². The van der Waals surface area contributed by atoms with E-state index in [9.17, 15) is 22.4 Å². The molecule has 0 aliphatic heterocycles. The first-order valence-electron chi connectivity index (χ1n) is 10.5. The van der Waals surface area contributed by atoms with Crippen LogP contribution in [0.25, 0.3) is 0 Å². The number of anilines is 1. The number of halogens is 1. The zero-order valence-electron chi connectivity index (χ0n) is 18.6. The second-order valence-electron chi connectivity index (χ2n) is 7.44. The van der Waals surface area contributed by atoms with Crippen LogP contribution in [0.3, 0.4) is 0 Å². The second kappa shape index (κ2) is 11.6. The van der Waals surface area contributed by atoms with Gasteiger partial charge < -0.3 is 10.2 Å². The molecule has 0 aliphatic carbocycles. The summed E-state index contributed by atoms with van der Waals surface area (Å²) in [7, 11) is -3.96. The maximum atomic E-state index is 14.4. The van der Waals surface area contributed by atoms with Gasteiger partial charge in [-0.2, -0.15) is 0 Å². The summed E-state index contributed by atoms with van der Waals surface area (Å²) in [4.78, 5) is 27.5. The van der Waals surface area contributed by atoms with Crippen molar-refractivity contribution in [1.29, 1.82) is 0 Å². The molecule has 32 heavy (non-hydrogen) atoms. The molecule has 2 aromatic carbocycles. The number of hydrogen-bond acceptors (Lipinski definition) is 4. The Labute approximate surface area is 189 Å². The van der Waals surface area contributed by atoms with E-state index in [1.807, 2.05) is 37.3 Å². The van der Waals surface area contributed by atoms with E-state index in [0.29, 0.717) is 13.0 Å². The largest absolute Gasteiger partial charge is 0.354 e. The quantitative estimate of drug-likeness (QED) is 0.555. The van der Waals surface area contributed by atoms with E-state index in [1.165, 1.54) is 23.1 Å². The lowest BCUT2D eigenvalue weighted by molar-refractivity contribution is -0.140. The average molecular weight is 464 g/mol. The number of sulfonamides is 1. The molecule has 0 bridgehead atoms. The molecule has 0 spiro atoms. The van der Waals surface area contributed by atoms with Gasteiger partial charge in [0, 0.05) is 13.1 Å². The van der Waals surface area contributed by atoms with Crippen LogP contribution in [0.4, 0.5) is 10.1 Å². The van der Waals surface area contributed by atoms with Crippen LogP contribution in [-0.2, 0) is 26.2 Å². The number of benzene rings is 2. The Balaban J connectivity index is 2.41. The minimum Gasteiger partial charge on any atom is -0.354 e. The molecule has 1 atom stereocenters. The Morgan fingerprint density at radius 3 is 2.22 bits per heavy atom. The number of carbonyl (C=O) groups is 2. The molecule has 2 rings (SSSR count). The molecular weight excluding hydrogens is 433 g/mol. The number of amides is 2. The van der Waals surface area contributed by atoms with Crippen LogP contribution in [0.5, 0.6) is 0 Å². The molecule has 1 unspecified atom stereocenters. The highest BCUT2D eigenvalue weighted by Crippen LogP contribution is 2.22. The fraction of sp³-hybridized carbons (Fsp3) is 0.391. The van der Waals surface area contributed by atoms with Crippen molar-refractivity contribution in [3.8, 4) is 0 Å². The number of nitrogens with zero attached hydrogens (tertiary/aromatic N) is 2. The van der Waals surface area contributed by atoms with Crippen LogP contribution in [0.15, 0.2) is 54.6 Å². The average Bonchev–Trinajstić information content (AvgIpc) is 2.76. The molecule has 0 radical (unpaired) electrons. The third-order valence-electron chi connectivity index (χ3n) is 4.93. The molecule has 9 heteroatoms. The van der Waals surface area contributed by atoms with Crippen molar-refractivity contribution in [1.82, 2.24) is 10.2 Å². The molecule has 7 nitrogen and oxygen atoms in total. The zero-order valence-corrected chi connectivity index (χ0v) is 19.4. The van der Waals surface area contributed by atoms with Gasteiger partial charge in [-0.3, -0.25) is 13.9 Å². The predicted octanol–water partition coefficient (Wildman–Crippen LogP) is 2.93. The first-order chi connectivity index (χ1) is 15.2. The van der Waals surface area contributed by atoms with Crippen molar-refractivity contribution in [2.24, 2.45) is 0 Å². The molecule has 1 N–H and O–H groups in total. The molecule has 0 heterocycles. The summed E-state index contributed by atoms with van der Waals surface area (Å²) in [5, 5.41) is 2.80. The van der Waals surface area contributed by atoms with Gasteiger partial charge in [0.1, 0.15) is 18.4 Å². The van der Waals surface area contributed by atoms with Gasteiger partial charge in [0.2, 0.25) is 21.8 Å². The lowest BCUT2D eigenvalue weighted by Crippen LogP contribution is -2.52. The van der Waals surface area contributed by atoms with Crippen molar-refractivity contribution in [3.63, 3.8) is 0 Å². The molecule has 0 saturated heterocycles. The fourth-order valence-corrected chi connectivity index (χ4v) is 4.16. The van der Waals surface area contributed by atoms with Crippen molar-refractivity contribution >= 4 is 27.5 Å². The molecule has 0 saturated carbocycles. The Morgan fingerprint density at radius 2 is 1.66 bits per heavy atom. The molecule has 0 aromatic heterocycles. The Bertz CT molecular complexity index is 1010. The number of rotatable bonds is 11. The van der Waals surface area contributed by atoms with Gasteiger partial charge in [0.05, 0.1) is 11.9 Å².